The normalized spacial score (nSPS) is 10.8. The third-order valence-corrected chi connectivity index (χ3v) is 4.94. The molecule has 0 aliphatic heterocycles. The quantitative estimate of drug-likeness (QED) is 0.294. The van der Waals surface area contributed by atoms with Gasteiger partial charge in [0.2, 0.25) is 0 Å². The van der Waals surface area contributed by atoms with Crippen LogP contribution in [0.1, 0.15) is 32.6 Å². The van der Waals surface area contributed by atoms with E-state index in [2.05, 4.69) is 4.99 Å². The Morgan fingerprint density at radius 3 is 2.59 bits per heavy atom. The van der Waals surface area contributed by atoms with E-state index < -0.39 is 10.9 Å². The number of aromatic carboxylic acids is 1. The molecule has 3 aromatic rings. The number of hydrogen-bond donors (Lipinski definition) is 1. The van der Waals surface area contributed by atoms with Crippen molar-refractivity contribution < 1.29 is 24.3 Å². The van der Waals surface area contributed by atoms with E-state index >= 15 is 0 Å². The Balaban J connectivity index is 1.78. The second kappa shape index (κ2) is 9.74. The summed E-state index contributed by atoms with van der Waals surface area (Å²) >= 11 is 0. The molecule has 0 unspecified atom stereocenters. The number of hydrogen-bond acceptors (Lipinski definition) is 6. The van der Waals surface area contributed by atoms with Crippen LogP contribution in [0, 0.1) is 24.0 Å². The molecular weight excluding hydrogens is 412 g/mol. The van der Waals surface area contributed by atoms with E-state index in [1.807, 2.05) is 6.92 Å². The largest absolute Gasteiger partial charge is 0.493 e. The van der Waals surface area contributed by atoms with Crippen LogP contribution in [0.3, 0.4) is 0 Å². The number of carbonyl (C=O) groups is 1. The van der Waals surface area contributed by atoms with Crippen molar-refractivity contribution in [2.45, 2.75) is 20.5 Å². The number of aryl methyl sites for hydroxylation is 1. The molecule has 0 radical (unpaired) electrons. The zero-order valence-corrected chi connectivity index (χ0v) is 17.9. The number of carboxylic acid groups (broad SMARTS) is 1. The highest BCUT2D eigenvalue weighted by atomic mass is 16.6. The number of rotatable bonds is 8. The van der Waals surface area contributed by atoms with Gasteiger partial charge in [0.25, 0.3) is 5.69 Å². The number of nitro groups is 1. The number of nitrogens with zero attached hydrogens (tertiary/aromatic N) is 2. The Bertz CT molecular complexity index is 1200. The van der Waals surface area contributed by atoms with Crippen LogP contribution in [0.4, 0.5) is 11.4 Å². The molecule has 0 aromatic heterocycles. The first-order chi connectivity index (χ1) is 15.3. The zero-order chi connectivity index (χ0) is 23.3. The molecule has 164 valence electrons. The molecule has 0 saturated carbocycles. The molecule has 3 aromatic carbocycles. The molecule has 3 rings (SSSR count). The Hall–Kier alpha value is -4.20. The molecule has 1 N–H and O–H groups in total. The van der Waals surface area contributed by atoms with Gasteiger partial charge >= 0.3 is 5.97 Å². The van der Waals surface area contributed by atoms with Crippen LogP contribution in [0.5, 0.6) is 11.5 Å². The van der Waals surface area contributed by atoms with E-state index in [9.17, 15) is 14.9 Å². The van der Waals surface area contributed by atoms with Crippen LogP contribution in [-0.2, 0) is 6.61 Å². The standard InChI is InChI=1S/C24H22N2O6/c1-15-9-20(12-21(16(15)2)26(29)30)25-13-17-7-8-22(23(11-17)31-3)32-14-18-5-4-6-19(10-18)24(27)28/h4-13H,14H2,1-3H3,(H,27,28). The lowest BCUT2D eigenvalue weighted by atomic mass is 10.1. The highest BCUT2D eigenvalue weighted by Crippen LogP contribution is 2.30. The van der Waals surface area contributed by atoms with Gasteiger partial charge in [-0.1, -0.05) is 12.1 Å². The zero-order valence-electron chi connectivity index (χ0n) is 17.9. The van der Waals surface area contributed by atoms with Crippen molar-refractivity contribution in [3.8, 4) is 11.5 Å². The third-order valence-electron chi connectivity index (χ3n) is 4.94. The molecule has 0 bridgehead atoms. The lowest BCUT2D eigenvalue weighted by molar-refractivity contribution is -0.385. The minimum atomic E-state index is -0.998. The van der Waals surface area contributed by atoms with Gasteiger partial charge in [0.05, 0.1) is 23.3 Å². The van der Waals surface area contributed by atoms with Gasteiger partial charge in [-0.2, -0.15) is 0 Å². The van der Waals surface area contributed by atoms with E-state index in [4.69, 9.17) is 14.6 Å². The van der Waals surface area contributed by atoms with Gasteiger partial charge in [0.1, 0.15) is 6.61 Å². The van der Waals surface area contributed by atoms with Crippen molar-refractivity contribution in [3.05, 3.63) is 92.5 Å². The van der Waals surface area contributed by atoms with Gasteiger partial charge in [-0.25, -0.2) is 4.79 Å². The average molecular weight is 434 g/mol. The summed E-state index contributed by atoms with van der Waals surface area (Å²) in [4.78, 5) is 26.3. The minimum Gasteiger partial charge on any atom is -0.493 e. The molecule has 0 saturated heterocycles. The predicted molar refractivity (Wildman–Crippen MR) is 121 cm³/mol. The predicted octanol–water partition coefficient (Wildman–Crippen LogP) is 5.25. The Morgan fingerprint density at radius 2 is 1.91 bits per heavy atom. The topological polar surface area (TPSA) is 111 Å². The molecule has 0 spiro atoms. The molecule has 0 fully saturated rings. The summed E-state index contributed by atoms with van der Waals surface area (Å²) in [5.74, 6) is -0.0243. The highest BCUT2D eigenvalue weighted by Gasteiger charge is 2.14. The molecule has 32 heavy (non-hydrogen) atoms. The van der Waals surface area contributed by atoms with Crippen LogP contribution in [0.25, 0.3) is 0 Å². The van der Waals surface area contributed by atoms with Crippen molar-refractivity contribution in [2.24, 2.45) is 4.99 Å². The van der Waals surface area contributed by atoms with Crippen LogP contribution in [0.2, 0.25) is 0 Å². The monoisotopic (exact) mass is 434 g/mol. The second-order valence-corrected chi connectivity index (χ2v) is 7.13. The van der Waals surface area contributed by atoms with Crippen LogP contribution in [0.15, 0.2) is 59.6 Å². The van der Waals surface area contributed by atoms with Gasteiger partial charge in [0, 0.05) is 17.8 Å². The van der Waals surface area contributed by atoms with Gasteiger partial charge in [-0.15, -0.1) is 0 Å². The van der Waals surface area contributed by atoms with Crippen molar-refractivity contribution in [1.29, 1.82) is 0 Å². The molecular formula is C24H22N2O6. The lowest BCUT2D eigenvalue weighted by Gasteiger charge is -2.11. The summed E-state index contributed by atoms with van der Waals surface area (Å²) in [6.07, 6.45) is 1.59. The van der Waals surface area contributed by atoms with Crippen molar-refractivity contribution >= 4 is 23.6 Å². The molecule has 0 aliphatic rings. The average Bonchev–Trinajstić information content (AvgIpc) is 2.78. The number of carboxylic acids is 1. The second-order valence-electron chi connectivity index (χ2n) is 7.13. The number of aliphatic imine (C=N–C) groups is 1. The van der Waals surface area contributed by atoms with Crippen molar-refractivity contribution in [1.82, 2.24) is 0 Å². The van der Waals surface area contributed by atoms with E-state index in [0.717, 1.165) is 11.1 Å². The number of benzene rings is 3. The molecule has 0 atom stereocenters. The first-order valence-electron chi connectivity index (χ1n) is 9.71. The van der Waals surface area contributed by atoms with Crippen molar-refractivity contribution in [3.63, 3.8) is 0 Å². The van der Waals surface area contributed by atoms with Gasteiger partial charge in [-0.3, -0.25) is 15.1 Å². The smallest absolute Gasteiger partial charge is 0.335 e. The molecule has 8 heteroatoms. The van der Waals surface area contributed by atoms with E-state index in [1.165, 1.54) is 19.2 Å². The lowest BCUT2D eigenvalue weighted by Crippen LogP contribution is -2.01. The molecule has 0 amide bonds. The number of nitro benzene ring substituents is 1. The summed E-state index contributed by atoms with van der Waals surface area (Å²) in [6, 6.07) is 15.0. The molecule has 0 aliphatic carbocycles. The number of ether oxygens (including phenoxy) is 2. The number of methoxy groups -OCH3 is 1. The highest BCUT2D eigenvalue weighted by molar-refractivity contribution is 5.87. The minimum absolute atomic E-state index is 0.0328. The van der Waals surface area contributed by atoms with E-state index in [0.29, 0.717) is 28.3 Å². The van der Waals surface area contributed by atoms with Crippen LogP contribution < -0.4 is 9.47 Å². The van der Waals surface area contributed by atoms with Crippen LogP contribution in [-0.4, -0.2) is 29.3 Å². The van der Waals surface area contributed by atoms with Gasteiger partial charge in [-0.05, 0) is 66.9 Å². The summed E-state index contributed by atoms with van der Waals surface area (Å²) in [5.41, 5.74) is 3.56. The van der Waals surface area contributed by atoms with Crippen molar-refractivity contribution in [2.75, 3.05) is 7.11 Å². The fourth-order valence-corrected chi connectivity index (χ4v) is 3.07. The fraction of sp³-hybridized carbons (Fsp3) is 0.167. The van der Waals surface area contributed by atoms with E-state index in [1.54, 1.807) is 55.6 Å². The Morgan fingerprint density at radius 1 is 1.12 bits per heavy atom. The molecule has 8 nitrogen and oxygen atoms in total. The Labute approximate surface area is 184 Å². The fourth-order valence-electron chi connectivity index (χ4n) is 3.07. The third kappa shape index (κ3) is 5.28. The maximum Gasteiger partial charge on any atom is 0.335 e. The summed E-state index contributed by atoms with van der Waals surface area (Å²) in [7, 11) is 1.51. The molecule has 0 heterocycles. The van der Waals surface area contributed by atoms with Crippen LogP contribution >= 0.6 is 0 Å². The summed E-state index contributed by atoms with van der Waals surface area (Å²) < 4.78 is 11.2. The Kier molecular flexibility index (Phi) is 6.84. The van der Waals surface area contributed by atoms with E-state index in [-0.39, 0.29) is 17.9 Å². The SMILES string of the molecule is COc1cc(C=Nc2cc(C)c(C)c([N+](=O)[O-])c2)ccc1OCc1cccc(C(=O)O)c1. The maximum absolute atomic E-state index is 11.2. The van der Waals surface area contributed by atoms with Gasteiger partial charge in [0.15, 0.2) is 11.5 Å². The first kappa shape index (κ1) is 22.5. The maximum atomic E-state index is 11.2. The van der Waals surface area contributed by atoms with Gasteiger partial charge < -0.3 is 14.6 Å². The first-order valence-corrected chi connectivity index (χ1v) is 9.71. The summed E-state index contributed by atoms with van der Waals surface area (Å²) in [5, 5.41) is 20.3. The summed E-state index contributed by atoms with van der Waals surface area (Å²) in [6.45, 7) is 3.70.